The number of nitrogens with zero attached hydrogens (tertiary/aromatic N) is 5. The van der Waals surface area contributed by atoms with Crippen LogP contribution in [0.25, 0.3) is 10.2 Å². The normalized spacial score (nSPS) is 11.2. The number of nitrogen functional groups attached to an aromatic ring is 1. The minimum Gasteiger partial charge on any atom is -0.506 e. The van der Waals surface area contributed by atoms with E-state index < -0.39 is 0 Å². The Morgan fingerprint density at radius 2 is 1.96 bits per heavy atom. The van der Waals surface area contributed by atoms with E-state index in [1.54, 1.807) is 12.1 Å². The van der Waals surface area contributed by atoms with Crippen molar-refractivity contribution >= 4 is 55.7 Å². The summed E-state index contributed by atoms with van der Waals surface area (Å²) in [5.41, 5.74) is 7.25. The molecule has 0 aliphatic rings. The number of nitrogens with two attached hydrogens (primary N) is 1. The summed E-state index contributed by atoms with van der Waals surface area (Å²) in [6.07, 6.45) is 4.06. The molecule has 0 aliphatic heterocycles. The maximum atomic E-state index is 9.88. The van der Waals surface area contributed by atoms with Crippen molar-refractivity contribution < 1.29 is 5.11 Å². The number of thiazole rings is 1. The van der Waals surface area contributed by atoms with Gasteiger partial charge in [-0.15, -0.1) is 11.3 Å². The molecule has 7 nitrogen and oxygen atoms in total. The van der Waals surface area contributed by atoms with E-state index in [1.165, 1.54) is 42.3 Å². The zero-order valence-corrected chi connectivity index (χ0v) is 18.4. The van der Waals surface area contributed by atoms with Gasteiger partial charge < -0.3 is 15.7 Å². The van der Waals surface area contributed by atoms with Gasteiger partial charge in [0.25, 0.3) is 0 Å². The molecule has 150 valence electrons. The lowest BCUT2D eigenvalue weighted by atomic mass is 10.3. The number of anilines is 2. The van der Waals surface area contributed by atoms with Crippen molar-refractivity contribution in [3.63, 3.8) is 0 Å². The van der Waals surface area contributed by atoms with Crippen LogP contribution in [-0.4, -0.2) is 39.2 Å². The van der Waals surface area contributed by atoms with E-state index in [2.05, 4.69) is 33.8 Å². The molecule has 0 unspecified atom stereocenters. The van der Waals surface area contributed by atoms with Crippen LogP contribution in [0, 0.1) is 0 Å². The molecule has 0 atom stereocenters. The highest BCUT2D eigenvalue weighted by atomic mass is 32.2. The van der Waals surface area contributed by atoms with Crippen LogP contribution in [0.5, 0.6) is 5.75 Å². The molecule has 0 saturated heterocycles. The Kier molecular flexibility index (Phi) is 8.01. The molecule has 0 radical (unpaired) electrons. The third-order valence-corrected chi connectivity index (χ3v) is 5.67. The Morgan fingerprint density at radius 3 is 2.57 bits per heavy atom. The predicted molar refractivity (Wildman–Crippen MR) is 121 cm³/mol. The first-order valence-corrected chi connectivity index (χ1v) is 10.6. The van der Waals surface area contributed by atoms with Gasteiger partial charge in [-0.2, -0.15) is 0 Å². The van der Waals surface area contributed by atoms with Crippen molar-refractivity contribution in [2.45, 2.75) is 38.0 Å². The molecule has 1 aromatic carbocycles. The molecule has 2 heterocycles. The maximum Gasteiger partial charge on any atom is 0.159 e. The van der Waals surface area contributed by atoms with Gasteiger partial charge in [-0.3, -0.25) is 0 Å². The number of aromatic nitrogens is 3. The van der Waals surface area contributed by atoms with E-state index in [-0.39, 0.29) is 5.75 Å². The maximum absolute atomic E-state index is 9.88. The molecule has 0 fully saturated rings. The second kappa shape index (κ2) is 10.2. The Morgan fingerprint density at radius 1 is 1.25 bits per heavy atom. The summed E-state index contributed by atoms with van der Waals surface area (Å²) in [6.45, 7) is 6.24. The molecular formula is C19H26N6OS2. The number of unbranched alkanes of at least 4 members (excludes halogenated alkanes) is 1. The van der Waals surface area contributed by atoms with Crippen LogP contribution in [-0.2, 0) is 0 Å². The molecular weight excluding hydrogens is 392 g/mol. The molecule has 3 aromatic rings. The fourth-order valence-electron chi connectivity index (χ4n) is 2.08. The van der Waals surface area contributed by atoms with E-state index in [9.17, 15) is 5.11 Å². The van der Waals surface area contributed by atoms with Crippen molar-refractivity contribution in [1.29, 1.82) is 0 Å². The molecule has 3 N–H and O–H groups in total. The lowest BCUT2D eigenvalue weighted by molar-refractivity contribution is 0.482. The number of rotatable bonds is 4. The van der Waals surface area contributed by atoms with Crippen molar-refractivity contribution in [3.8, 4) is 5.75 Å². The Hall–Kier alpha value is -2.39. The van der Waals surface area contributed by atoms with E-state index in [0.717, 1.165) is 19.6 Å². The van der Waals surface area contributed by atoms with Gasteiger partial charge in [0.05, 0.1) is 15.3 Å². The van der Waals surface area contributed by atoms with E-state index in [4.69, 9.17) is 5.73 Å². The highest BCUT2D eigenvalue weighted by Gasteiger charge is 2.13. The van der Waals surface area contributed by atoms with Crippen LogP contribution >= 0.6 is 23.1 Å². The Labute approximate surface area is 173 Å². The van der Waals surface area contributed by atoms with Crippen LogP contribution in [0.2, 0.25) is 0 Å². The zero-order valence-electron chi connectivity index (χ0n) is 16.8. The minimum absolute atomic E-state index is 0.238. The number of thioether (sulfide) groups is 1. The van der Waals surface area contributed by atoms with E-state index >= 15 is 0 Å². The van der Waals surface area contributed by atoms with Gasteiger partial charge in [-0.05, 0) is 30.8 Å². The molecule has 9 heteroatoms. The van der Waals surface area contributed by atoms with Crippen molar-refractivity contribution in [3.05, 3.63) is 24.5 Å². The standard InChI is InChI=1S/C15H16N6OS2.C4H10/c1-8(19-11-13(16)17-7-18-14(11)21(2)3)23-15-20-9-5-4-6-10(22)12(9)24-15;1-3-4-2/h4-7,22H,1-3H3,(H2,16,17,18);3-4H2,1-2H3. The SMILES string of the molecule is CC(=Nc1c(N)ncnc1N(C)C)Sc1nc2cccc(O)c2s1.CCCC. The van der Waals surface area contributed by atoms with Crippen LogP contribution < -0.4 is 10.6 Å². The lowest BCUT2D eigenvalue weighted by Gasteiger charge is -2.14. The molecule has 0 saturated carbocycles. The Balaban J connectivity index is 0.000000640. The summed E-state index contributed by atoms with van der Waals surface area (Å²) in [6, 6.07) is 5.30. The fraction of sp³-hybridized carbons (Fsp3) is 0.368. The summed E-state index contributed by atoms with van der Waals surface area (Å²) in [7, 11) is 3.75. The molecule has 3 rings (SSSR count). The number of phenolic OH excluding ortho intramolecular Hbond substituents is 1. The third-order valence-electron chi connectivity index (χ3n) is 3.63. The summed E-state index contributed by atoms with van der Waals surface area (Å²) >= 11 is 2.84. The molecule has 0 bridgehead atoms. The van der Waals surface area contributed by atoms with Gasteiger partial charge in [0.2, 0.25) is 0 Å². The third kappa shape index (κ3) is 5.56. The molecule has 0 amide bonds. The number of aliphatic imine (C=N–C) groups is 1. The number of hydrogen-bond acceptors (Lipinski definition) is 9. The van der Waals surface area contributed by atoms with E-state index in [1.807, 2.05) is 32.0 Å². The predicted octanol–water partition coefficient (Wildman–Crippen LogP) is 5.09. The zero-order chi connectivity index (χ0) is 20.7. The second-order valence-corrected chi connectivity index (χ2v) is 8.60. The van der Waals surface area contributed by atoms with Crippen LogP contribution in [0.3, 0.4) is 0 Å². The number of aromatic hydroxyl groups is 1. The minimum atomic E-state index is 0.238. The monoisotopic (exact) mass is 418 g/mol. The first-order valence-electron chi connectivity index (χ1n) is 8.96. The van der Waals surface area contributed by atoms with Gasteiger partial charge in [-0.25, -0.2) is 19.9 Å². The van der Waals surface area contributed by atoms with E-state index in [0.29, 0.717) is 17.3 Å². The molecule has 2 aromatic heterocycles. The van der Waals surface area contributed by atoms with Gasteiger partial charge in [0.15, 0.2) is 16.0 Å². The van der Waals surface area contributed by atoms with Gasteiger partial charge >= 0.3 is 0 Å². The number of phenols is 1. The average Bonchev–Trinajstić information content (AvgIpc) is 3.07. The largest absolute Gasteiger partial charge is 0.506 e. The average molecular weight is 419 g/mol. The molecule has 0 aliphatic carbocycles. The summed E-state index contributed by atoms with van der Waals surface area (Å²) < 4.78 is 1.57. The topological polar surface area (TPSA) is 101 Å². The lowest BCUT2D eigenvalue weighted by Crippen LogP contribution is -2.12. The highest BCUT2D eigenvalue weighted by Crippen LogP contribution is 2.37. The summed E-state index contributed by atoms with van der Waals surface area (Å²) in [4.78, 5) is 19.1. The quantitative estimate of drug-likeness (QED) is 0.346. The van der Waals surface area contributed by atoms with Crippen LogP contribution in [0.15, 0.2) is 33.9 Å². The first-order chi connectivity index (χ1) is 13.4. The van der Waals surface area contributed by atoms with Crippen LogP contribution in [0.1, 0.15) is 33.6 Å². The van der Waals surface area contributed by atoms with Crippen molar-refractivity contribution in [2.24, 2.45) is 4.99 Å². The highest BCUT2D eigenvalue weighted by molar-refractivity contribution is 8.15. The fourth-order valence-corrected chi connectivity index (χ4v) is 4.10. The van der Waals surface area contributed by atoms with Crippen molar-refractivity contribution in [2.75, 3.05) is 24.7 Å². The van der Waals surface area contributed by atoms with Crippen LogP contribution in [0.4, 0.5) is 17.3 Å². The summed E-state index contributed by atoms with van der Waals surface area (Å²) in [5, 5.41) is 10.6. The Bertz CT molecular complexity index is 953. The van der Waals surface area contributed by atoms with Crippen molar-refractivity contribution in [1.82, 2.24) is 15.0 Å². The first kappa shape index (κ1) is 21.9. The number of fused-ring (bicyclic) bond motifs is 1. The second-order valence-electron chi connectivity index (χ2n) is 6.16. The number of benzene rings is 1. The summed E-state index contributed by atoms with van der Waals surface area (Å²) in [5.74, 6) is 1.22. The molecule has 28 heavy (non-hydrogen) atoms. The number of hydrogen-bond donors (Lipinski definition) is 2. The van der Waals surface area contributed by atoms with Gasteiger partial charge in [-0.1, -0.05) is 32.8 Å². The van der Waals surface area contributed by atoms with Gasteiger partial charge in [0, 0.05) is 14.1 Å². The molecule has 0 spiro atoms. The van der Waals surface area contributed by atoms with Gasteiger partial charge in [0.1, 0.15) is 17.8 Å². The smallest absolute Gasteiger partial charge is 0.159 e.